The third-order valence-electron chi connectivity index (χ3n) is 9.13. The Labute approximate surface area is 300 Å². The zero-order valence-corrected chi connectivity index (χ0v) is 29.2. The van der Waals surface area contributed by atoms with Crippen molar-refractivity contribution in [3.8, 4) is 11.4 Å². The van der Waals surface area contributed by atoms with Crippen molar-refractivity contribution in [1.82, 2.24) is 40.4 Å². The van der Waals surface area contributed by atoms with E-state index in [2.05, 4.69) is 31.0 Å². The topological polar surface area (TPSA) is 225 Å². The monoisotopic (exact) mass is 712 g/mol. The summed E-state index contributed by atoms with van der Waals surface area (Å²) in [6, 6.07) is 11.1. The van der Waals surface area contributed by atoms with Crippen LogP contribution in [0.1, 0.15) is 78.2 Å². The van der Waals surface area contributed by atoms with E-state index in [1.54, 1.807) is 30.3 Å². The Morgan fingerprint density at radius 3 is 1.71 bits per heavy atom. The number of hydrogen-bond acceptors (Lipinski definition) is 10. The van der Waals surface area contributed by atoms with E-state index >= 15 is 0 Å². The molecule has 1 saturated heterocycles. The van der Waals surface area contributed by atoms with E-state index in [-0.39, 0.29) is 47.0 Å². The number of aromatic nitrogens is 4. The molecule has 7 rings (SSSR count). The molecular formula is C36H44N10O6. The second-order valence-electron chi connectivity index (χ2n) is 13.2. The molecule has 0 unspecified atom stereocenters. The van der Waals surface area contributed by atoms with E-state index in [1.165, 1.54) is 21.8 Å². The van der Waals surface area contributed by atoms with Gasteiger partial charge in [-0.05, 0) is 74.9 Å². The molecular weight excluding hydrogens is 668 g/mol. The fourth-order valence-corrected chi connectivity index (χ4v) is 5.64. The molecule has 0 spiro atoms. The summed E-state index contributed by atoms with van der Waals surface area (Å²) >= 11 is 0. The second-order valence-corrected chi connectivity index (χ2v) is 13.2. The molecule has 16 heteroatoms. The molecule has 8 N–H and O–H groups in total. The van der Waals surface area contributed by atoms with Crippen LogP contribution in [0.3, 0.4) is 0 Å². The molecule has 2 aromatic heterocycles. The second kappa shape index (κ2) is 15.7. The Kier molecular flexibility index (Phi) is 10.9. The van der Waals surface area contributed by atoms with Crippen LogP contribution in [0.25, 0.3) is 11.4 Å². The van der Waals surface area contributed by atoms with Gasteiger partial charge >= 0.3 is 5.97 Å². The van der Waals surface area contributed by atoms with Gasteiger partial charge in [-0.2, -0.15) is 10.2 Å². The summed E-state index contributed by atoms with van der Waals surface area (Å²) in [5.74, 6) is -1.35. The standard InChI is InChI=1S/C21H28N6O3.C15H16N4O3/c1-14-2-3-15(20(28)25-16-4-5-16)12-18(14)27-19(22)17(13-24-27)21(29)23-6-7-26-8-10-30-11-9-26;1-8-2-3-9(14(20)18-10-4-5-10)6-12(8)19-13(16)11(7-17-19)15(21)22/h2-3,12-13,16H,4-11,22H2,1H3,(H,23,29)(H,25,28);2-3,6-7,10H,4-5,16H2,1H3,(H,18,20)(H,21,22). The number of ether oxygens (including phenoxy) is 1. The van der Waals surface area contributed by atoms with E-state index in [0.29, 0.717) is 34.6 Å². The van der Waals surface area contributed by atoms with Crippen LogP contribution in [0.2, 0.25) is 0 Å². The van der Waals surface area contributed by atoms with Crippen LogP contribution in [0.4, 0.5) is 11.6 Å². The fourth-order valence-electron chi connectivity index (χ4n) is 5.64. The van der Waals surface area contributed by atoms with Crippen molar-refractivity contribution < 1.29 is 29.0 Å². The zero-order chi connectivity index (χ0) is 36.9. The number of morpholine rings is 1. The molecule has 3 heterocycles. The van der Waals surface area contributed by atoms with Crippen LogP contribution in [0.15, 0.2) is 48.8 Å². The molecule has 0 atom stereocenters. The largest absolute Gasteiger partial charge is 0.477 e. The molecule has 2 saturated carbocycles. The molecule has 0 bridgehead atoms. The average Bonchev–Trinajstić information content (AvgIpc) is 4.06. The van der Waals surface area contributed by atoms with E-state index in [0.717, 1.165) is 69.7 Å². The Morgan fingerprint density at radius 1 is 0.769 bits per heavy atom. The normalized spacial score (nSPS) is 15.7. The van der Waals surface area contributed by atoms with Gasteiger partial charge in [0, 0.05) is 49.4 Å². The van der Waals surface area contributed by atoms with Gasteiger partial charge in [0.1, 0.15) is 22.8 Å². The van der Waals surface area contributed by atoms with Crippen LogP contribution in [0.5, 0.6) is 0 Å². The van der Waals surface area contributed by atoms with Crippen molar-refractivity contribution in [2.75, 3.05) is 50.9 Å². The fraction of sp³-hybridized carbons (Fsp3) is 0.389. The number of aryl methyl sites for hydroxylation is 2. The maximum atomic E-state index is 12.6. The number of benzene rings is 2. The van der Waals surface area contributed by atoms with Gasteiger partial charge in [0.25, 0.3) is 17.7 Å². The van der Waals surface area contributed by atoms with Crippen molar-refractivity contribution in [2.45, 2.75) is 51.6 Å². The highest BCUT2D eigenvalue weighted by Crippen LogP contribution is 2.25. The predicted molar refractivity (Wildman–Crippen MR) is 193 cm³/mol. The van der Waals surface area contributed by atoms with Crippen molar-refractivity contribution in [3.05, 3.63) is 82.2 Å². The van der Waals surface area contributed by atoms with Crippen LogP contribution in [-0.4, -0.2) is 105 Å². The Bertz CT molecular complexity index is 1970. The Hall–Kier alpha value is -5.74. The molecule has 4 aromatic rings. The van der Waals surface area contributed by atoms with Crippen molar-refractivity contribution in [2.24, 2.45) is 0 Å². The van der Waals surface area contributed by atoms with Crippen LogP contribution < -0.4 is 27.4 Å². The highest BCUT2D eigenvalue weighted by atomic mass is 16.5. The minimum absolute atomic E-state index is 0.0374. The third kappa shape index (κ3) is 8.58. The highest BCUT2D eigenvalue weighted by Gasteiger charge is 2.26. The summed E-state index contributed by atoms with van der Waals surface area (Å²) in [5.41, 5.74) is 16.4. The summed E-state index contributed by atoms with van der Waals surface area (Å²) < 4.78 is 8.18. The summed E-state index contributed by atoms with van der Waals surface area (Å²) in [6.07, 6.45) is 6.75. The highest BCUT2D eigenvalue weighted by molar-refractivity contribution is 5.99. The number of nitrogens with zero attached hydrogens (tertiary/aromatic N) is 5. The lowest BCUT2D eigenvalue weighted by atomic mass is 10.1. The molecule has 2 aliphatic carbocycles. The number of nitrogens with two attached hydrogens (primary N) is 2. The zero-order valence-electron chi connectivity index (χ0n) is 29.2. The number of carboxylic acids is 1. The van der Waals surface area contributed by atoms with Gasteiger partial charge in [-0.25, -0.2) is 14.2 Å². The number of aromatic carboxylic acids is 1. The SMILES string of the molecule is Cc1ccc(C(=O)NC2CC2)cc1-n1ncc(C(=O)NCCN2CCOCC2)c1N.Cc1ccc(C(=O)NC2CC2)cc1-n1ncc(C(=O)O)c1N. The third-order valence-corrected chi connectivity index (χ3v) is 9.13. The van der Waals surface area contributed by atoms with E-state index in [9.17, 15) is 19.2 Å². The lowest BCUT2D eigenvalue weighted by molar-refractivity contribution is 0.0383. The predicted octanol–water partition coefficient (Wildman–Crippen LogP) is 2.07. The summed E-state index contributed by atoms with van der Waals surface area (Å²) in [6.45, 7) is 8.26. The molecule has 274 valence electrons. The van der Waals surface area contributed by atoms with Gasteiger partial charge in [-0.1, -0.05) is 12.1 Å². The number of carbonyl (C=O) groups is 4. The first-order chi connectivity index (χ1) is 25.0. The number of hydrogen-bond donors (Lipinski definition) is 6. The van der Waals surface area contributed by atoms with Crippen LogP contribution in [0, 0.1) is 13.8 Å². The summed E-state index contributed by atoms with van der Waals surface area (Å²) in [5, 5.41) is 26.2. The number of rotatable bonds is 11. The maximum absolute atomic E-state index is 12.6. The number of carbonyl (C=O) groups excluding carboxylic acids is 3. The minimum atomic E-state index is -1.14. The Morgan fingerprint density at radius 2 is 1.25 bits per heavy atom. The van der Waals surface area contributed by atoms with Crippen LogP contribution >= 0.6 is 0 Å². The first kappa shape index (κ1) is 36.1. The minimum Gasteiger partial charge on any atom is -0.477 e. The molecule has 0 radical (unpaired) electrons. The molecule has 3 aliphatic rings. The number of carboxylic acid groups (broad SMARTS) is 1. The van der Waals surface area contributed by atoms with Crippen molar-refractivity contribution in [1.29, 1.82) is 0 Å². The van der Waals surface area contributed by atoms with Crippen LogP contribution in [-0.2, 0) is 4.74 Å². The molecule has 1 aliphatic heterocycles. The lowest BCUT2D eigenvalue weighted by Crippen LogP contribution is -2.41. The lowest BCUT2D eigenvalue weighted by Gasteiger charge is -2.26. The number of nitrogen functional groups attached to an aromatic ring is 2. The van der Waals surface area contributed by atoms with Crippen molar-refractivity contribution >= 4 is 35.3 Å². The maximum Gasteiger partial charge on any atom is 0.341 e. The molecule has 3 fully saturated rings. The van der Waals surface area contributed by atoms with Gasteiger partial charge in [-0.3, -0.25) is 19.3 Å². The first-order valence-electron chi connectivity index (χ1n) is 17.3. The van der Waals surface area contributed by atoms with Gasteiger partial charge in [0.2, 0.25) is 0 Å². The molecule has 16 nitrogen and oxygen atoms in total. The summed E-state index contributed by atoms with van der Waals surface area (Å²) in [7, 11) is 0. The molecule has 52 heavy (non-hydrogen) atoms. The van der Waals surface area contributed by atoms with Gasteiger partial charge < -0.3 is 37.3 Å². The number of nitrogens with one attached hydrogen (secondary N) is 3. The van der Waals surface area contributed by atoms with E-state index < -0.39 is 5.97 Å². The number of amides is 3. The summed E-state index contributed by atoms with van der Waals surface area (Å²) in [4.78, 5) is 50.4. The van der Waals surface area contributed by atoms with Gasteiger partial charge in [0.05, 0.1) is 37.0 Å². The molecule has 3 amide bonds. The quantitative estimate of drug-likeness (QED) is 0.132. The van der Waals surface area contributed by atoms with Gasteiger partial charge in [0.15, 0.2) is 0 Å². The number of anilines is 2. The first-order valence-corrected chi connectivity index (χ1v) is 17.3. The Balaban J connectivity index is 0.000000187. The van der Waals surface area contributed by atoms with Gasteiger partial charge in [-0.15, -0.1) is 0 Å². The van der Waals surface area contributed by atoms with E-state index in [4.69, 9.17) is 21.3 Å². The van der Waals surface area contributed by atoms with E-state index in [1.807, 2.05) is 19.9 Å². The smallest absolute Gasteiger partial charge is 0.341 e. The average molecular weight is 713 g/mol. The molecule has 2 aromatic carbocycles. The van der Waals surface area contributed by atoms with Crippen molar-refractivity contribution in [3.63, 3.8) is 0 Å².